The van der Waals surface area contributed by atoms with Crippen LogP contribution in [0.25, 0.3) is 0 Å². The lowest BCUT2D eigenvalue weighted by Crippen LogP contribution is -2.24. The van der Waals surface area contributed by atoms with Gasteiger partial charge in [-0.15, -0.1) is 0 Å². The molecule has 1 aromatic rings. The van der Waals surface area contributed by atoms with Crippen molar-refractivity contribution in [3.05, 3.63) is 23.9 Å². The maximum Gasteiger partial charge on any atom is 0.308 e. The van der Waals surface area contributed by atoms with Gasteiger partial charge < -0.3 is 10.0 Å². The summed E-state index contributed by atoms with van der Waals surface area (Å²) in [5, 5.41) is 9.46. The second kappa shape index (κ2) is 5.00. The van der Waals surface area contributed by atoms with Gasteiger partial charge in [0.15, 0.2) is 0 Å². The van der Waals surface area contributed by atoms with Gasteiger partial charge in [0.2, 0.25) is 0 Å². The third-order valence-corrected chi connectivity index (χ3v) is 4.85. The molecular weight excluding hydrogens is 264 g/mol. The van der Waals surface area contributed by atoms with Gasteiger partial charge in [-0.05, 0) is 47.8 Å². The number of aliphatic carboxylic acids is 1. The fourth-order valence-corrected chi connectivity index (χ4v) is 3.34. The summed E-state index contributed by atoms with van der Waals surface area (Å²) in [6.45, 7) is 7.98. The molecule has 1 saturated carbocycles. The van der Waals surface area contributed by atoms with Crippen molar-refractivity contribution in [3.63, 3.8) is 0 Å². The zero-order valence-corrected chi connectivity index (χ0v) is 13.0. The molecule has 3 rings (SSSR count). The predicted molar refractivity (Wildman–Crippen MR) is 82.5 cm³/mol. The first-order chi connectivity index (χ1) is 9.86. The molecule has 1 saturated heterocycles. The minimum atomic E-state index is -0.652. The Morgan fingerprint density at radius 1 is 1.33 bits per heavy atom. The maximum atomic E-state index is 11.5. The fourth-order valence-electron chi connectivity index (χ4n) is 3.34. The topological polar surface area (TPSA) is 53.4 Å². The summed E-state index contributed by atoms with van der Waals surface area (Å²) in [6.07, 6.45) is 4.23. The van der Waals surface area contributed by atoms with E-state index in [1.807, 2.05) is 12.3 Å². The second-order valence-corrected chi connectivity index (χ2v) is 7.50. The van der Waals surface area contributed by atoms with E-state index < -0.39 is 5.97 Å². The molecule has 0 bridgehead atoms. The average Bonchev–Trinajstić information content (AvgIpc) is 3.16. The number of pyridine rings is 1. The third kappa shape index (κ3) is 2.89. The zero-order chi connectivity index (χ0) is 15.2. The van der Waals surface area contributed by atoms with E-state index in [0.717, 1.165) is 12.4 Å². The van der Waals surface area contributed by atoms with E-state index in [2.05, 4.69) is 36.7 Å². The van der Waals surface area contributed by atoms with Crippen molar-refractivity contribution >= 4 is 11.8 Å². The molecule has 1 aliphatic carbocycles. The van der Waals surface area contributed by atoms with Gasteiger partial charge in [0.1, 0.15) is 5.82 Å². The van der Waals surface area contributed by atoms with Gasteiger partial charge in [-0.2, -0.15) is 0 Å². The first-order valence-electron chi connectivity index (χ1n) is 7.80. The number of rotatable bonds is 3. The number of carbonyl (C=O) groups is 1. The molecule has 2 fully saturated rings. The van der Waals surface area contributed by atoms with Crippen LogP contribution in [0.3, 0.4) is 0 Å². The summed E-state index contributed by atoms with van der Waals surface area (Å²) in [7, 11) is 0. The van der Waals surface area contributed by atoms with E-state index in [9.17, 15) is 9.90 Å². The maximum absolute atomic E-state index is 11.5. The van der Waals surface area contributed by atoms with Gasteiger partial charge in [0.25, 0.3) is 0 Å². The van der Waals surface area contributed by atoms with E-state index in [-0.39, 0.29) is 11.3 Å². The van der Waals surface area contributed by atoms with Crippen molar-refractivity contribution in [2.75, 3.05) is 18.0 Å². The monoisotopic (exact) mass is 288 g/mol. The van der Waals surface area contributed by atoms with E-state index in [1.54, 1.807) is 0 Å². The Morgan fingerprint density at radius 2 is 2.05 bits per heavy atom. The lowest BCUT2D eigenvalue weighted by atomic mass is 9.88. The van der Waals surface area contributed by atoms with Gasteiger partial charge in [-0.3, -0.25) is 4.79 Å². The van der Waals surface area contributed by atoms with Crippen LogP contribution in [0, 0.1) is 17.8 Å². The molecule has 0 amide bonds. The van der Waals surface area contributed by atoms with E-state index in [1.165, 1.54) is 18.4 Å². The van der Waals surface area contributed by atoms with Crippen LogP contribution in [-0.2, 0) is 10.2 Å². The van der Waals surface area contributed by atoms with Crippen molar-refractivity contribution in [1.82, 2.24) is 4.98 Å². The molecule has 1 aromatic heterocycles. The van der Waals surface area contributed by atoms with Gasteiger partial charge in [0, 0.05) is 19.3 Å². The summed E-state index contributed by atoms with van der Waals surface area (Å²) >= 11 is 0. The number of aromatic nitrogens is 1. The number of carboxylic acids is 1. The molecule has 2 heterocycles. The number of nitrogens with zero attached hydrogens (tertiary/aromatic N) is 2. The second-order valence-electron chi connectivity index (χ2n) is 7.50. The van der Waals surface area contributed by atoms with Gasteiger partial charge in [-0.25, -0.2) is 4.98 Å². The largest absolute Gasteiger partial charge is 0.481 e. The quantitative estimate of drug-likeness (QED) is 0.929. The fraction of sp³-hybridized carbons (Fsp3) is 0.647. The molecule has 4 heteroatoms. The average molecular weight is 288 g/mol. The molecule has 0 spiro atoms. The Kier molecular flexibility index (Phi) is 3.42. The Balaban J connectivity index is 1.83. The number of hydrogen-bond acceptors (Lipinski definition) is 3. The van der Waals surface area contributed by atoms with Crippen molar-refractivity contribution < 1.29 is 9.90 Å². The molecule has 0 radical (unpaired) electrons. The van der Waals surface area contributed by atoms with E-state index in [0.29, 0.717) is 18.4 Å². The summed E-state index contributed by atoms with van der Waals surface area (Å²) in [4.78, 5) is 18.1. The predicted octanol–water partition coefficient (Wildman–Crippen LogP) is 2.93. The highest BCUT2D eigenvalue weighted by Crippen LogP contribution is 2.44. The van der Waals surface area contributed by atoms with Crippen molar-refractivity contribution in [3.8, 4) is 0 Å². The van der Waals surface area contributed by atoms with Crippen LogP contribution in [0.15, 0.2) is 18.3 Å². The summed E-state index contributed by atoms with van der Waals surface area (Å²) in [5.74, 6) is 0.945. The first kappa shape index (κ1) is 14.4. The van der Waals surface area contributed by atoms with Crippen LogP contribution < -0.4 is 4.90 Å². The molecule has 2 atom stereocenters. The Morgan fingerprint density at radius 3 is 2.62 bits per heavy atom. The molecular formula is C17H24N2O2. The standard InChI is InChI=1S/C17H24N2O2/c1-17(2,3)12-6-7-18-15(8-12)19-9-13(11-4-5-11)14(10-19)16(20)21/h6-8,11,13-14H,4-5,9-10H2,1-3H3,(H,20,21)/t13-,14+/m0/s1. The summed E-state index contributed by atoms with van der Waals surface area (Å²) in [6, 6.07) is 4.17. The molecule has 2 aliphatic rings. The van der Waals surface area contributed by atoms with Crippen molar-refractivity contribution in [2.24, 2.45) is 17.8 Å². The normalized spacial score (nSPS) is 26.1. The minimum absolute atomic E-state index is 0.0828. The van der Waals surface area contributed by atoms with Crippen LogP contribution in [-0.4, -0.2) is 29.1 Å². The van der Waals surface area contributed by atoms with Gasteiger partial charge in [0.05, 0.1) is 5.92 Å². The number of anilines is 1. The van der Waals surface area contributed by atoms with E-state index >= 15 is 0 Å². The number of carboxylic acid groups (broad SMARTS) is 1. The van der Waals surface area contributed by atoms with Gasteiger partial charge in [-0.1, -0.05) is 20.8 Å². The van der Waals surface area contributed by atoms with E-state index in [4.69, 9.17) is 0 Å². The Labute approximate surface area is 126 Å². The molecule has 4 nitrogen and oxygen atoms in total. The number of hydrogen-bond donors (Lipinski definition) is 1. The van der Waals surface area contributed by atoms with Crippen molar-refractivity contribution in [1.29, 1.82) is 0 Å². The van der Waals surface area contributed by atoms with Crippen LogP contribution >= 0.6 is 0 Å². The van der Waals surface area contributed by atoms with Crippen LogP contribution in [0.4, 0.5) is 5.82 Å². The third-order valence-electron chi connectivity index (χ3n) is 4.85. The van der Waals surface area contributed by atoms with Crippen LogP contribution in [0.1, 0.15) is 39.2 Å². The highest BCUT2D eigenvalue weighted by molar-refractivity contribution is 5.72. The smallest absolute Gasteiger partial charge is 0.308 e. The molecule has 114 valence electrons. The van der Waals surface area contributed by atoms with Crippen LogP contribution in [0.5, 0.6) is 0 Å². The molecule has 0 aromatic carbocycles. The lowest BCUT2D eigenvalue weighted by Gasteiger charge is -2.23. The SMILES string of the molecule is CC(C)(C)c1ccnc(N2C[C@@H](C(=O)O)[C@H](C3CC3)C2)c1. The highest BCUT2D eigenvalue weighted by Gasteiger charge is 2.46. The first-order valence-corrected chi connectivity index (χ1v) is 7.80. The highest BCUT2D eigenvalue weighted by atomic mass is 16.4. The molecule has 21 heavy (non-hydrogen) atoms. The zero-order valence-electron chi connectivity index (χ0n) is 13.0. The molecule has 0 unspecified atom stereocenters. The van der Waals surface area contributed by atoms with Gasteiger partial charge >= 0.3 is 5.97 Å². The molecule has 1 N–H and O–H groups in total. The lowest BCUT2D eigenvalue weighted by molar-refractivity contribution is -0.142. The molecule has 1 aliphatic heterocycles. The summed E-state index contributed by atoms with van der Waals surface area (Å²) in [5.41, 5.74) is 1.33. The summed E-state index contributed by atoms with van der Waals surface area (Å²) < 4.78 is 0. The minimum Gasteiger partial charge on any atom is -0.481 e. The Bertz CT molecular complexity index is 546. The Hall–Kier alpha value is -1.58. The van der Waals surface area contributed by atoms with Crippen LogP contribution in [0.2, 0.25) is 0 Å². The van der Waals surface area contributed by atoms with Crippen molar-refractivity contribution in [2.45, 2.75) is 39.0 Å².